The normalized spacial score (nSPS) is 15.1. The van der Waals surface area contributed by atoms with Crippen LogP contribution in [0.1, 0.15) is 63.5 Å². The molecule has 0 aliphatic carbocycles. The maximum absolute atomic E-state index is 14.2. The number of ether oxygens (including phenoxy) is 1. The highest BCUT2D eigenvalue weighted by Crippen LogP contribution is 2.28. The van der Waals surface area contributed by atoms with Crippen LogP contribution in [0, 0.1) is 18.7 Å². The molecule has 0 unspecified atom stereocenters. The Balaban J connectivity index is 1.56. The van der Waals surface area contributed by atoms with Crippen LogP contribution in [0.15, 0.2) is 71.5 Å². The summed E-state index contributed by atoms with van der Waals surface area (Å²) in [6, 6.07) is 19.5. The van der Waals surface area contributed by atoms with Crippen LogP contribution in [0.3, 0.4) is 0 Å². The minimum absolute atomic E-state index is 0.0737. The Hall–Kier alpha value is -4.04. The monoisotopic (exact) mass is 598 g/mol. The van der Waals surface area contributed by atoms with Crippen LogP contribution in [0.2, 0.25) is 0 Å². The number of amides is 1. The van der Waals surface area contributed by atoms with E-state index >= 15 is 0 Å². The van der Waals surface area contributed by atoms with Gasteiger partial charge in [-0.25, -0.2) is 9.37 Å². The molecule has 1 saturated heterocycles. The van der Waals surface area contributed by atoms with Gasteiger partial charge in [0.15, 0.2) is 0 Å². The number of fused-ring (bicyclic) bond motifs is 1. The minimum atomic E-state index is -0.504. The van der Waals surface area contributed by atoms with E-state index in [2.05, 4.69) is 18.7 Å². The summed E-state index contributed by atoms with van der Waals surface area (Å²) in [4.78, 5) is 37.6. The summed E-state index contributed by atoms with van der Waals surface area (Å²) in [5.74, 6) is 1.17. The second-order valence-corrected chi connectivity index (χ2v) is 12.1. The Kier molecular flexibility index (Phi) is 9.79. The van der Waals surface area contributed by atoms with Crippen molar-refractivity contribution in [2.75, 3.05) is 26.2 Å². The molecule has 1 aliphatic heterocycles. The van der Waals surface area contributed by atoms with Gasteiger partial charge in [-0.05, 0) is 120 Å². The minimum Gasteiger partial charge on any atom is -0.494 e. The van der Waals surface area contributed by atoms with Crippen molar-refractivity contribution >= 4 is 16.8 Å². The zero-order chi connectivity index (χ0) is 31.4. The molecule has 0 spiro atoms. The highest BCUT2D eigenvalue weighted by atomic mass is 19.1. The van der Waals surface area contributed by atoms with E-state index < -0.39 is 6.04 Å². The van der Waals surface area contributed by atoms with Crippen LogP contribution in [-0.4, -0.2) is 57.5 Å². The predicted octanol–water partition coefficient (Wildman–Crippen LogP) is 6.48. The van der Waals surface area contributed by atoms with E-state index in [4.69, 9.17) is 9.72 Å². The Morgan fingerprint density at radius 1 is 1.05 bits per heavy atom. The molecule has 44 heavy (non-hydrogen) atoms. The van der Waals surface area contributed by atoms with Crippen LogP contribution in [0.25, 0.3) is 16.6 Å². The maximum atomic E-state index is 14.2. The van der Waals surface area contributed by atoms with Gasteiger partial charge in [0.05, 0.1) is 35.7 Å². The smallest absolute Gasteiger partial charge is 0.266 e. The molecule has 1 atom stereocenters. The fraction of sp³-hybridized carbons (Fsp3) is 0.417. The average molecular weight is 599 g/mol. The lowest BCUT2D eigenvalue weighted by Gasteiger charge is -2.38. The number of carbonyl (C=O) groups is 1. The molecular weight excluding hydrogens is 555 g/mol. The molecular formula is C36H43FN4O3. The van der Waals surface area contributed by atoms with E-state index in [0.29, 0.717) is 58.8 Å². The molecule has 3 aromatic carbocycles. The Morgan fingerprint density at radius 2 is 1.75 bits per heavy atom. The summed E-state index contributed by atoms with van der Waals surface area (Å²) in [6.07, 6.45) is 2.11. The molecule has 7 nitrogen and oxygen atoms in total. The lowest BCUT2D eigenvalue weighted by molar-refractivity contribution is -0.134. The van der Waals surface area contributed by atoms with Gasteiger partial charge in [0.1, 0.15) is 17.4 Å². The number of hydrogen-bond donors (Lipinski definition) is 0. The fourth-order valence-corrected chi connectivity index (χ4v) is 6.18. The molecule has 0 N–H and O–H groups in total. The number of rotatable bonds is 10. The van der Waals surface area contributed by atoms with Crippen LogP contribution in [0.5, 0.6) is 5.75 Å². The van der Waals surface area contributed by atoms with Gasteiger partial charge in [-0.15, -0.1) is 0 Å². The van der Waals surface area contributed by atoms with Crippen molar-refractivity contribution in [3.05, 3.63) is 99.9 Å². The van der Waals surface area contributed by atoms with Gasteiger partial charge in [-0.1, -0.05) is 24.3 Å². The van der Waals surface area contributed by atoms with E-state index in [1.165, 1.54) is 6.07 Å². The average Bonchev–Trinajstić information content (AvgIpc) is 3.02. The van der Waals surface area contributed by atoms with Crippen LogP contribution >= 0.6 is 0 Å². The number of halogens is 1. The number of aryl methyl sites for hydroxylation is 1. The lowest BCUT2D eigenvalue weighted by atomic mass is 9.94. The predicted molar refractivity (Wildman–Crippen MR) is 173 cm³/mol. The van der Waals surface area contributed by atoms with Crippen molar-refractivity contribution in [2.24, 2.45) is 5.92 Å². The first-order valence-corrected chi connectivity index (χ1v) is 15.7. The first kappa shape index (κ1) is 31.4. The van der Waals surface area contributed by atoms with Crippen LogP contribution < -0.4 is 10.3 Å². The van der Waals surface area contributed by atoms with Crippen molar-refractivity contribution in [1.29, 1.82) is 0 Å². The standard InChI is InChI=1S/C36H43FN4O3/c1-6-44-30-14-12-29(13-15-30)41-35(38-33-10-8-7-9-31(33)36(41)43)26(5)40(23-27-17-19-39(20-18-27)24(2)3)34(42)22-28-11-16-32(37)25(4)21-28/h7-16,21,24,26-27H,6,17-20,22-23H2,1-5H3/t26-/m1/s1. The third-order valence-electron chi connectivity index (χ3n) is 8.78. The highest BCUT2D eigenvalue weighted by molar-refractivity contribution is 5.80. The molecule has 232 valence electrons. The summed E-state index contributed by atoms with van der Waals surface area (Å²) in [5.41, 5.74) is 2.33. The number of carbonyl (C=O) groups excluding carboxylic acids is 1. The van der Waals surface area contributed by atoms with Crippen molar-refractivity contribution < 1.29 is 13.9 Å². The number of aromatic nitrogens is 2. The Morgan fingerprint density at radius 3 is 2.41 bits per heavy atom. The quantitative estimate of drug-likeness (QED) is 0.209. The second-order valence-electron chi connectivity index (χ2n) is 12.1. The van der Waals surface area contributed by atoms with E-state index in [0.717, 1.165) is 31.5 Å². The Bertz CT molecular complexity index is 1660. The van der Waals surface area contributed by atoms with Crippen molar-refractivity contribution in [3.8, 4) is 11.4 Å². The van der Waals surface area contributed by atoms with Gasteiger partial charge in [0.2, 0.25) is 5.91 Å². The molecule has 8 heteroatoms. The molecule has 0 radical (unpaired) electrons. The SMILES string of the molecule is CCOc1ccc(-n2c([C@@H](C)N(CC3CCN(C(C)C)CC3)C(=O)Cc3ccc(F)c(C)c3)nc3ccccc3c2=O)cc1. The third kappa shape index (κ3) is 6.86. The molecule has 1 fully saturated rings. The largest absolute Gasteiger partial charge is 0.494 e. The zero-order valence-corrected chi connectivity index (χ0v) is 26.4. The summed E-state index contributed by atoms with van der Waals surface area (Å²) in [7, 11) is 0. The molecule has 2 heterocycles. The third-order valence-corrected chi connectivity index (χ3v) is 8.78. The summed E-state index contributed by atoms with van der Waals surface area (Å²) < 4.78 is 21.3. The first-order chi connectivity index (χ1) is 21.2. The van der Waals surface area contributed by atoms with Gasteiger partial charge in [0, 0.05) is 12.6 Å². The molecule has 4 aromatic rings. The highest BCUT2D eigenvalue weighted by Gasteiger charge is 2.31. The first-order valence-electron chi connectivity index (χ1n) is 15.7. The number of piperidine rings is 1. The molecule has 1 amide bonds. The Labute approximate surface area is 259 Å². The molecule has 1 aromatic heterocycles. The van der Waals surface area contributed by atoms with Gasteiger partial charge in [-0.2, -0.15) is 0 Å². The number of hydrogen-bond acceptors (Lipinski definition) is 5. The van der Waals surface area contributed by atoms with Crippen LogP contribution in [-0.2, 0) is 11.2 Å². The molecule has 5 rings (SSSR count). The number of para-hydroxylation sites is 1. The number of nitrogens with zero attached hydrogens (tertiary/aromatic N) is 4. The topological polar surface area (TPSA) is 67.7 Å². The van der Waals surface area contributed by atoms with E-state index in [1.54, 1.807) is 29.7 Å². The number of likely N-dealkylation sites (tertiary alicyclic amines) is 1. The molecule has 0 bridgehead atoms. The van der Waals surface area contributed by atoms with E-state index in [9.17, 15) is 14.0 Å². The van der Waals surface area contributed by atoms with Crippen molar-refractivity contribution in [3.63, 3.8) is 0 Å². The summed E-state index contributed by atoms with van der Waals surface area (Å²) in [5, 5.41) is 0.512. The second kappa shape index (κ2) is 13.7. The van der Waals surface area contributed by atoms with Crippen LogP contribution in [0.4, 0.5) is 4.39 Å². The van der Waals surface area contributed by atoms with Gasteiger partial charge < -0.3 is 14.5 Å². The fourth-order valence-electron chi connectivity index (χ4n) is 6.18. The molecule has 1 aliphatic rings. The maximum Gasteiger partial charge on any atom is 0.266 e. The van der Waals surface area contributed by atoms with Gasteiger partial charge in [-0.3, -0.25) is 14.2 Å². The van der Waals surface area contributed by atoms with Gasteiger partial charge in [0.25, 0.3) is 5.56 Å². The number of benzene rings is 3. The summed E-state index contributed by atoms with van der Waals surface area (Å²) in [6.45, 7) is 13.1. The zero-order valence-electron chi connectivity index (χ0n) is 26.4. The van der Waals surface area contributed by atoms with Crippen molar-refractivity contribution in [2.45, 2.75) is 66.0 Å². The van der Waals surface area contributed by atoms with E-state index in [-0.39, 0.29) is 23.7 Å². The van der Waals surface area contributed by atoms with E-state index in [1.807, 2.05) is 61.2 Å². The van der Waals surface area contributed by atoms with Crippen molar-refractivity contribution in [1.82, 2.24) is 19.4 Å². The molecule has 0 saturated carbocycles. The van der Waals surface area contributed by atoms with Gasteiger partial charge >= 0.3 is 0 Å². The lowest BCUT2D eigenvalue weighted by Crippen LogP contribution is -2.45. The summed E-state index contributed by atoms with van der Waals surface area (Å²) >= 11 is 0.